The first kappa shape index (κ1) is 6.31. The Bertz CT molecular complexity index is 181. The highest BCUT2D eigenvalue weighted by Gasteiger charge is 2.05. The second kappa shape index (κ2) is 2.65. The van der Waals surface area contributed by atoms with Crippen LogP contribution in [-0.2, 0) is 0 Å². The molecule has 0 saturated carbocycles. The van der Waals surface area contributed by atoms with E-state index < -0.39 is 0 Å². The van der Waals surface area contributed by atoms with Gasteiger partial charge in [-0.25, -0.2) is 0 Å². The van der Waals surface area contributed by atoms with Crippen molar-refractivity contribution in [2.24, 2.45) is 5.92 Å². The molecule has 1 aliphatic heterocycles. The fourth-order valence-electron chi connectivity index (χ4n) is 0.854. The van der Waals surface area contributed by atoms with E-state index in [4.69, 9.17) is 0 Å². The molecule has 0 aromatic rings. The number of allylic oxidation sites excluding steroid dienone is 2. The van der Waals surface area contributed by atoms with Crippen molar-refractivity contribution < 1.29 is 0 Å². The Morgan fingerprint density at radius 2 is 2.33 bits per heavy atom. The van der Waals surface area contributed by atoms with E-state index >= 15 is 0 Å². The molecule has 0 fully saturated rings. The van der Waals surface area contributed by atoms with Gasteiger partial charge in [-0.2, -0.15) is 0 Å². The Morgan fingerprint density at radius 3 is 2.67 bits per heavy atom. The van der Waals surface area contributed by atoms with Crippen LogP contribution in [0.15, 0.2) is 11.6 Å². The lowest BCUT2D eigenvalue weighted by Gasteiger charge is -2.03. The van der Waals surface area contributed by atoms with Gasteiger partial charge in [0.15, 0.2) is 0 Å². The Kier molecular flexibility index (Phi) is 1.86. The maximum atomic E-state index is 3.98. The van der Waals surface area contributed by atoms with Gasteiger partial charge >= 0.3 is 0 Å². The molecular weight excluding hydrogens is 110 g/mol. The van der Waals surface area contributed by atoms with Gasteiger partial charge in [0, 0.05) is 6.08 Å². The Balaban J connectivity index is 2.66. The highest BCUT2D eigenvalue weighted by molar-refractivity contribution is 5.80. The van der Waals surface area contributed by atoms with Gasteiger partial charge in [0.1, 0.15) is 0 Å². The lowest BCUT2D eigenvalue weighted by molar-refractivity contribution is 0.756. The highest BCUT2D eigenvalue weighted by Crippen LogP contribution is 2.11. The molecule has 1 heteroatoms. The molecule has 0 aromatic heterocycles. The van der Waals surface area contributed by atoms with Gasteiger partial charge in [0.2, 0.25) is 0 Å². The molecule has 0 saturated heterocycles. The van der Waals surface area contributed by atoms with E-state index in [1.165, 1.54) is 5.57 Å². The van der Waals surface area contributed by atoms with Gasteiger partial charge in [-0.3, -0.25) is 0 Å². The first-order chi connectivity index (χ1) is 4.30. The summed E-state index contributed by atoms with van der Waals surface area (Å²) in [5.41, 5.74) is 1.48. The van der Waals surface area contributed by atoms with Crippen LogP contribution in [-0.4, -0.2) is 12.4 Å². The Morgan fingerprint density at radius 1 is 1.56 bits per heavy atom. The summed E-state index contributed by atoms with van der Waals surface area (Å²) in [6.45, 7) is 4.41. The molecule has 1 nitrogen and oxygen atoms in total. The summed E-state index contributed by atoms with van der Waals surface area (Å²) < 4.78 is 3.98. The fourth-order valence-corrected chi connectivity index (χ4v) is 0.854. The zero-order valence-corrected chi connectivity index (χ0v) is 5.96. The van der Waals surface area contributed by atoms with Crippen LogP contribution >= 0.6 is 0 Å². The molecule has 0 amide bonds. The molecule has 0 radical (unpaired) electrons. The monoisotopic (exact) mass is 122 g/mol. The first-order valence-electron chi connectivity index (χ1n) is 3.34. The predicted octanol–water partition coefficient (Wildman–Crippen LogP) is 1.18. The lowest BCUT2D eigenvalue weighted by Crippen LogP contribution is -2.00. The Hall–Kier alpha value is -0.810. The molecule has 0 spiro atoms. The van der Waals surface area contributed by atoms with E-state index in [-0.39, 0.29) is 0 Å². The van der Waals surface area contributed by atoms with Gasteiger partial charge in [-0.15, -0.1) is 4.67 Å². The van der Waals surface area contributed by atoms with Crippen molar-refractivity contribution in [2.75, 3.05) is 0 Å². The van der Waals surface area contributed by atoms with Gasteiger partial charge in [0.25, 0.3) is 12.4 Å². The SMILES string of the molecule is CC(C)C1=CC=[N+]=CC1. The van der Waals surface area contributed by atoms with Crippen molar-refractivity contribution in [3.8, 4) is 0 Å². The normalized spacial score (nSPS) is 16.6. The van der Waals surface area contributed by atoms with Crippen LogP contribution in [0.25, 0.3) is 0 Å². The molecule has 0 bridgehead atoms. The average molecular weight is 122 g/mol. The first-order valence-corrected chi connectivity index (χ1v) is 3.34. The summed E-state index contributed by atoms with van der Waals surface area (Å²) in [6.07, 6.45) is 6.95. The fraction of sp³-hybridized carbons (Fsp3) is 0.500. The maximum Gasteiger partial charge on any atom is 0.291 e. The van der Waals surface area contributed by atoms with E-state index in [2.05, 4.69) is 24.6 Å². The molecule has 9 heavy (non-hydrogen) atoms. The minimum Gasteiger partial charge on any atom is -0.105 e. The molecule has 0 aliphatic carbocycles. The van der Waals surface area contributed by atoms with E-state index in [0.717, 1.165) is 6.42 Å². The van der Waals surface area contributed by atoms with Crippen molar-refractivity contribution in [3.05, 3.63) is 11.6 Å². The van der Waals surface area contributed by atoms with Crippen molar-refractivity contribution in [1.82, 2.24) is 4.67 Å². The predicted molar refractivity (Wildman–Crippen MR) is 41.8 cm³/mol. The minimum absolute atomic E-state index is 0.674. The largest absolute Gasteiger partial charge is 0.291 e. The smallest absolute Gasteiger partial charge is 0.105 e. The van der Waals surface area contributed by atoms with E-state index in [1.807, 2.05) is 12.4 Å². The standard InChI is InChI=1S/C8H12N/c1-7(2)8-3-5-9-6-4-8/h3,5-7H,4H2,1-2H3/q+1. The number of hydrogen-bond acceptors (Lipinski definition) is 0. The van der Waals surface area contributed by atoms with Gasteiger partial charge in [-0.1, -0.05) is 13.8 Å². The Labute approximate surface area is 55.8 Å². The van der Waals surface area contributed by atoms with Crippen LogP contribution < -0.4 is 4.67 Å². The van der Waals surface area contributed by atoms with Crippen LogP contribution in [0.5, 0.6) is 0 Å². The number of nitrogens with zero attached hydrogens (tertiary/aromatic N) is 1. The average Bonchev–Trinajstić information content (AvgIpc) is 1.90. The van der Waals surface area contributed by atoms with Crippen LogP contribution in [0.3, 0.4) is 0 Å². The third kappa shape index (κ3) is 1.55. The van der Waals surface area contributed by atoms with Crippen molar-refractivity contribution in [2.45, 2.75) is 20.3 Å². The summed E-state index contributed by atoms with van der Waals surface area (Å²) in [7, 11) is 0. The summed E-state index contributed by atoms with van der Waals surface area (Å²) in [4.78, 5) is 0. The molecule has 1 aliphatic rings. The summed E-state index contributed by atoms with van der Waals surface area (Å²) in [6, 6.07) is 0. The molecule has 1 rings (SSSR count). The molecule has 0 atom stereocenters. The minimum atomic E-state index is 0.674. The van der Waals surface area contributed by atoms with Crippen molar-refractivity contribution in [3.63, 3.8) is 0 Å². The van der Waals surface area contributed by atoms with Crippen LogP contribution in [0, 0.1) is 5.92 Å². The lowest BCUT2D eigenvalue weighted by atomic mass is 10.00. The molecule has 1 heterocycles. The maximum absolute atomic E-state index is 3.98. The molecular formula is C8H12N+. The molecule has 48 valence electrons. The summed E-state index contributed by atoms with van der Waals surface area (Å²) >= 11 is 0. The number of rotatable bonds is 1. The van der Waals surface area contributed by atoms with E-state index in [1.54, 1.807) is 0 Å². The van der Waals surface area contributed by atoms with Crippen LogP contribution in [0.4, 0.5) is 0 Å². The zero-order chi connectivity index (χ0) is 6.69. The molecule has 0 N–H and O–H groups in total. The third-order valence-electron chi connectivity index (χ3n) is 1.55. The van der Waals surface area contributed by atoms with Crippen molar-refractivity contribution in [1.29, 1.82) is 0 Å². The topological polar surface area (TPSA) is 14.1 Å². The van der Waals surface area contributed by atoms with Gasteiger partial charge < -0.3 is 0 Å². The molecule has 0 aromatic carbocycles. The highest BCUT2D eigenvalue weighted by atomic mass is 14.5. The molecule has 0 unspecified atom stereocenters. The second-order valence-corrected chi connectivity index (χ2v) is 2.58. The van der Waals surface area contributed by atoms with Crippen LogP contribution in [0.2, 0.25) is 0 Å². The third-order valence-corrected chi connectivity index (χ3v) is 1.55. The number of hydrogen-bond donors (Lipinski definition) is 0. The van der Waals surface area contributed by atoms with Gasteiger partial charge in [0.05, 0.1) is 6.42 Å². The van der Waals surface area contributed by atoms with Gasteiger partial charge in [-0.05, 0) is 11.5 Å². The van der Waals surface area contributed by atoms with Crippen LogP contribution in [0.1, 0.15) is 20.3 Å². The quantitative estimate of drug-likeness (QED) is 0.464. The van der Waals surface area contributed by atoms with E-state index in [0.29, 0.717) is 5.92 Å². The summed E-state index contributed by atoms with van der Waals surface area (Å²) in [5.74, 6) is 0.674. The second-order valence-electron chi connectivity index (χ2n) is 2.58. The van der Waals surface area contributed by atoms with Crippen molar-refractivity contribution >= 4 is 12.4 Å². The van der Waals surface area contributed by atoms with E-state index in [9.17, 15) is 0 Å². The zero-order valence-electron chi connectivity index (χ0n) is 5.96. The summed E-state index contributed by atoms with van der Waals surface area (Å²) in [5, 5.41) is 0.